The fourth-order valence-corrected chi connectivity index (χ4v) is 3.50. The lowest BCUT2D eigenvalue weighted by molar-refractivity contribution is -0.314. The van der Waals surface area contributed by atoms with Gasteiger partial charge < -0.3 is 45.1 Å². The number of hydrogen-bond acceptors (Lipinski definition) is 10. The Labute approximate surface area is 206 Å². The molecule has 1 fully saturated rings. The van der Waals surface area contributed by atoms with E-state index in [-0.39, 0.29) is 6.61 Å². The molecule has 1 amide bonds. The van der Waals surface area contributed by atoms with Gasteiger partial charge in [-0.25, -0.2) is 4.79 Å². The van der Waals surface area contributed by atoms with Crippen LogP contribution in [0, 0.1) is 12.3 Å². The predicted molar refractivity (Wildman–Crippen MR) is 121 cm³/mol. The third-order valence-corrected chi connectivity index (χ3v) is 5.34. The lowest BCUT2D eigenvalue weighted by Crippen LogP contribution is -2.68. The fourth-order valence-electron chi connectivity index (χ4n) is 3.50. The second-order valence-corrected chi connectivity index (χ2v) is 7.87. The number of nitrogens with zero attached hydrogens (tertiary/aromatic N) is 3. The van der Waals surface area contributed by atoms with E-state index >= 15 is 0 Å². The fraction of sp³-hybridized carbons (Fsp3) is 0.545. The molecule has 1 aromatic rings. The zero-order valence-electron chi connectivity index (χ0n) is 19.1. The Hall–Kier alpha value is -3.41. The van der Waals surface area contributed by atoms with Crippen LogP contribution in [-0.2, 0) is 25.7 Å². The number of terminal acetylenes is 1. The molecule has 196 valence electrons. The standard InChI is InChI=1S/C22H28N4O10/c1-2-3-8-34-14-6-4-13(5-7-14)12-35-22(21(32)33)9-15(28)18(25-17(30)11-27)20(36-22)19(31)16(29)10-24-26-23/h1,4-7,15-16,18-20,27-29,31H,3,8-12H2,(H,25,30)(H,32,33)/t15-,16+,18+,19+,20+,22+/m0/s1. The first kappa shape index (κ1) is 28.8. The summed E-state index contributed by atoms with van der Waals surface area (Å²) >= 11 is 0. The SMILES string of the molecule is C#CCCOc1ccc(CO[C@]2(C(=O)O)C[C@H](O)[C@@H](NC(=O)CO)[C@H]([C@H](O)[C@H](O)CN=[N+]=[N-])O2)cc1. The van der Waals surface area contributed by atoms with Crippen molar-refractivity contribution in [1.29, 1.82) is 0 Å². The third kappa shape index (κ3) is 7.54. The van der Waals surface area contributed by atoms with E-state index in [0.717, 1.165) is 0 Å². The molecule has 0 unspecified atom stereocenters. The van der Waals surface area contributed by atoms with Gasteiger partial charge in [0.15, 0.2) is 0 Å². The molecule has 14 heteroatoms. The first-order chi connectivity index (χ1) is 17.2. The van der Waals surface area contributed by atoms with E-state index in [4.69, 9.17) is 31.3 Å². The Balaban J connectivity index is 2.25. The molecular formula is C22H28N4O10. The third-order valence-electron chi connectivity index (χ3n) is 5.34. The van der Waals surface area contributed by atoms with Crippen LogP contribution in [0.3, 0.4) is 0 Å². The molecule has 1 heterocycles. The summed E-state index contributed by atoms with van der Waals surface area (Å²) in [6, 6.07) is 5.04. The van der Waals surface area contributed by atoms with Crippen molar-refractivity contribution in [2.45, 2.75) is 55.7 Å². The van der Waals surface area contributed by atoms with Crippen LogP contribution >= 0.6 is 0 Å². The van der Waals surface area contributed by atoms with Crippen LogP contribution in [0.1, 0.15) is 18.4 Å². The number of rotatable bonds is 13. The summed E-state index contributed by atoms with van der Waals surface area (Å²) in [6.07, 6.45) is -2.08. The van der Waals surface area contributed by atoms with Gasteiger partial charge in [-0.2, -0.15) is 0 Å². The molecule has 6 N–H and O–H groups in total. The first-order valence-corrected chi connectivity index (χ1v) is 10.8. The molecule has 0 radical (unpaired) electrons. The maximum Gasteiger partial charge on any atom is 0.364 e. The summed E-state index contributed by atoms with van der Waals surface area (Å²) in [5, 5.41) is 55.8. The van der Waals surface area contributed by atoms with Gasteiger partial charge in [-0.15, -0.1) is 12.3 Å². The molecule has 1 aromatic carbocycles. The molecule has 0 aliphatic carbocycles. The number of amides is 1. The number of hydrogen-bond donors (Lipinski definition) is 6. The van der Waals surface area contributed by atoms with E-state index in [0.29, 0.717) is 24.3 Å². The van der Waals surface area contributed by atoms with Gasteiger partial charge in [0.2, 0.25) is 5.91 Å². The minimum Gasteiger partial charge on any atom is -0.493 e. The van der Waals surface area contributed by atoms with Crippen molar-refractivity contribution in [3.05, 3.63) is 40.3 Å². The average molecular weight is 508 g/mol. The van der Waals surface area contributed by atoms with E-state index in [9.17, 15) is 30.0 Å². The molecule has 0 bridgehead atoms. The Kier molecular flexibility index (Phi) is 10.9. The van der Waals surface area contributed by atoms with Crippen LogP contribution in [0.15, 0.2) is 29.4 Å². The molecule has 0 saturated carbocycles. The highest BCUT2D eigenvalue weighted by Crippen LogP contribution is 2.34. The summed E-state index contributed by atoms with van der Waals surface area (Å²) < 4.78 is 16.6. The Bertz CT molecular complexity index is 978. The van der Waals surface area contributed by atoms with Crippen LogP contribution in [0.25, 0.3) is 10.4 Å². The topological polar surface area (TPSA) is 224 Å². The zero-order chi connectivity index (χ0) is 26.7. The molecule has 36 heavy (non-hydrogen) atoms. The van der Waals surface area contributed by atoms with Gasteiger partial charge in [-0.1, -0.05) is 17.2 Å². The van der Waals surface area contributed by atoms with Gasteiger partial charge in [-0.05, 0) is 23.2 Å². The van der Waals surface area contributed by atoms with Crippen molar-refractivity contribution in [2.75, 3.05) is 19.8 Å². The van der Waals surface area contributed by atoms with E-state index in [1.807, 2.05) is 0 Å². The number of nitrogens with one attached hydrogen (secondary N) is 1. The lowest BCUT2D eigenvalue weighted by Gasteiger charge is -2.46. The number of ether oxygens (including phenoxy) is 3. The minimum atomic E-state index is -2.48. The first-order valence-electron chi connectivity index (χ1n) is 10.8. The number of aliphatic hydroxyl groups excluding tert-OH is 4. The smallest absolute Gasteiger partial charge is 0.364 e. The van der Waals surface area contributed by atoms with Gasteiger partial charge >= 0.3 is 5.97 Å². The van der Waals surface area contributed by atoms with Gasteiger partial charge in [0.25, 0.3) is 5.79 Å². The number of aliphatic hydroxyl groups is 4. The highest BCUT2D eigenvalue weighted by Gasteiger charge is 2.55. The number of carboxylic acids is 1. The molecule has 0 spiro atoms. The van der Waals surface area contributed by atoms with Crippen LogP contribution in [0.4, 0.5) is 0 Å². The molecule has 1 aliphatic heterocycles. The maximum absolute atomic E-state index is 12.2. The van der Waals surface area contributed by atoms with Crippen molar-refractivity contribution in [2.24, 2.45) is 5.11 Å². The molecule has 1 aliphatic rings. The van der Waals surface area contributed by atoms with E-state index in [1.165, 1.54) is 0 Å². The van der Waals surface area contributed by atoms with Crippen molar-refractivity contribution >= 4 is 11.9 Å². The second-order valence-electron chi connectivity index (χ2n) is 7.87. The number of benzene rings is 1. The van der Waals surface area contributed by atoms with Crippen LogP contribution in [0.2, 0.25) is 0 Å². The Morgan fingerprint density at radius 1 is 1.36 bits per heavy atom. The predicted octanol–water partition coefficient (Wildman–Crippen LogP) is -0.955. The molecule has 6 atom stereocenters. The summed E-state index contributed by atoms with van der Waals surface area (Å²) in [4.78, 5) is 26.4. The second kappa shape index (κ2) is 13.6. The van der Waals surface area contributed by atoms with Crippen molar-refractivity contribution in [3.63, 3.8) is 0 Å². The van der Waals surface area contributed by atoms with Crippen molar-refractivity contribution in [3.8, 4) is 18.1 Å². The highest BCUT2D eigenvalue weighted by molar-refractivity contribution is 5.78. The van der Waals surface area contributed by atoms with Gasteiger partial charge in [-0.3, -0.25) is 4.79 Å². The van der Waals surface area contributed by atoms with Crippen LogP contribution in [0.5, 0.6) is 5.75 Å². The van der Waals surface area contributed by atoms with Gasteiger partial charge in [0.1, 0.15) is 24.6 Å². The highest BCUT2D eigenvalue weighted by atomic mass is 16.7. The number of carbonyl (C=O) groups is 2. The molecular weight excluding hydrogens is 480 g/mol. The van der Waals surface area contributed by atoms with E-state index < -0.39 is 67.7 Å². The monoisotopic (exact) mass is 508 g/mol. The average Bonchev–Trinajstić information content (AvgIpc) is 2.87. The maximum atomic E-state index is 12.2. The minimum absolute atomic E-state index is 0.290. The number of carboxylic acid groups (broad SMARTS) is 1. The normalized spacial score (nSPS) is 25.0. The summed E-state index contributed by atoms with van der Waals surface area (Å²) in [7, 11) is 0. The van der Waals surface area contributed by atoms with E-state index in [1.54, 1.807) is 24.3 Å². The summed E-state index contributed by atoms with van der Waals surface area (Å²) in [5.74, 6) is -2.08. The zero-order valence-corrected chi connectivity index (χ0v) is 19.1. The molecule has 0 aromatic heterocycles. The number of azide groups is 1. The molecule has 2 rings (SSSR count). The summed E-state index contributed by atoms with van der Waals surface area (Å²) in [6.45, 7) is -1.54. The van der Waals surface area contributed by atoms with Crippen LogP contribution < -0.4 is 10.1 Å². The van der Waals surface area contributed by atoms with Crippen molar-refractivity contribution < 1.29 is 49.3 Å². The Morgan fingerprint density at radius 2 is 2.06 bits per heavy atom. The van der Waals surface area contributed by atoms with Gasteiger partial charge in [0.05, 0.1) is 38.0 Å². The number of aliphatic carboxylic acids is 1. The Morgan fingerprint density at radius 3 is 2.64 bits per heavy atom. The quantitative estimate of drug-likeness (QED) is 0.0629. The van der Waals surface area contributed by atoms with Crippen molar-refractivity contribution in [1.82, 2.24) is 5.32 Å². The largest absolute Gasteiger partial charge is 0.493 e. The summed E-state index contributed by atoms with van der Waals surface area (Å²) in [5.41, 5.74) is 8.98. The molecule has 1 saturated heterocycles. The molecule has 14 nitrogen and oxygen atoms in total. The van der Waals surface area contributed by atoms with E-state index in [2.05, 4.69) is 21.3 Å². The van der Waals surface area contributed by atoms with Crippen LogP contribution in [-0.4, -0.2) is 93.4 Å². The van der Waals surface area contributed by atoms with Gasteiger partial charge in [0, 0.05) is 17.8 Å². The number of carbonyl (C=O) groups excluding carboxylic acids is 1. The lowest BCUT2D eigenvalue weighted by atomic mass is 9.88.